The highest BCUT2D eigenvalue weighted by molar-refractivity contribution is 6.01. The zero-order chi connectivity index (χ0) is 16.4. The molecule has 0 aromatic heterocycles. The highest BCUT2D eigenvalue weighted by Crippen LogP contribution is 2.34. The first-order valence-corrected chi connectivity index (χ1v) is 8.29. The number of carbonyl (C=O) groups excluding carboxylic acids is 1. The van der Waals surface area contributed by atoms with E-state index in [2.05, 4.69) is 6.92 Å². The lowest BCUT2D eigenvalue weighted by Crippen LogP contribution is -2.05. The molecule has 0 spiro atoms. The predicted molar refractivity (Wildman–Crippen MR) is 88.2 cm³/mol. The minimum absolute atomic E-state index is 0.0621. The molecule has 0 aliphatic heterocycles. The van der Waals surface area contributed by atoms with Crippen LogP contribution in [0.1, 0.15) is 69.7 Å². The second kappa shape index (κ2) is 10.1. The predicted octanol–water partition coefficient (Wildman–Crippen LogP) is 4.73. The summed E-state index contributed by atoms with van der Waals surface area (Å²) in [5.74, 6) is 0.793. The Morgan fingerprint density at radius 1 is 1.05 bits per heavy atom. The Balaban J connectivity index is 2.82. The fourth-order valence-electron chi connectivity index (χ4n) is 2.28. The molecular weight excluding hydrogens is 280 g/mol. The summed E-state index contributed by atoms with van der Waals surface area (Å²) < 4.78 is 11.2. The van der Waals surface area contributed by atoms with Crippen LogP contribution in [0.2, 0.25) is 0 Å². The van der Waals surface area contributed by atoms with Crippen LogP contribution in [0.15, 0.2) is 12.1 Å². The second-order valence-electron chi connectivity index (χ2n) is 5.33. The Morgan fingerprint density at radius 3 is 2.45 bits per heavy atom. The van der Waals surface area contributed by atoms with Gasteiger partial charge in [-0.3, -0.25) is 4.79 Å². The Bertz CT molecular complexity index is 468. The molecular formula is C18H28O4. The van der Waals surface area contributed by atoms with Crippen LogP contribution in [0.25, 0.3) is 0 Å². The summed E-state index contributed by atoms with van der Waals surface area (Å²) in [7, 11) is 0. The number of aromatic hydroxyl groups is 1. The molecule has 0 amide bonds. The number of Topliss-reactive ketones (excluding diaryl/α,β-unsaturated/α-hetero) is 1. The van der Waals surface area contributed by atoms with Gasteiger partial charge >= 0.3 is 0 Å². The molecule has 124 valence electrons. The smallest absolute Gasteiger partial charge is 0.170 e. The van der Waals surface area contributed by atoms with Crippen molar-refractivity contribution >= 4 is 5.78 Å². The molecule has 1 rings (SSSR count). The number of phenols is 1. The fraction of sp³-hybridized carbons (Fsp3) is 0.611. The van der Waals surface area contributed by atoms with Crippen molar-refractivity contribution in [3.63, 3.8) is 0 Å². The zero-order valence-corrected chi connectivity index (χ0v) is 14.0. The Morgan fingerprint density at radius 2 is 1.82 bits per heavy atom. The van der Waals surface area contributed by atoms with Crippen molar-refractivity contribution in [1.82, 2.24) is 0 Å². The molecule has 4 heteroatoms. The Kier molecular flexibility index (Phi) is 8.41. The summed E-state index contributed by atoms with van der Waals surface area (Å²) >= 11 is 0. The maximum absolute atomic E-state index is 12.1. The van der Waals surface area contributed by atoms with Gasteiger partial charge in [-0.2, -0.15) is 0 Å². The van der Waals surface area contributed by atoms with E-state index < -0.39 is 0 Å². The molecule has 0 saturated carbocycles. The maximum atomic E-state index is 12.1. The number of ether oxygens (including phenoxy) is 2. The molecule has 0 heterocycles. The summed E-state index contributed by atoms with van der Waals surface area (Å²) in [5, 5.41) is 10.2. The highest BCUT2D eigenvalue weighted by atomic mass is 16.5. The number of phenolic OH excluding ortho intramolecular Hbond substituents is 1. The molecule has 1 aromatic rings. The number of hydrogen-bond donors (Lipinski definition) is 1. The molecule has 0 radical (unpaired) electrons. The SMILES string of the molecule is CCCCCCOc1cc(O)c(C(=O)CCC)c(OCC)c1. The molecule has 22 heavy (non-hydrogen) atoms. The highest BCUT2D eigenvalue weighted by Gasteiger charge is 2.18. The van der Waals surface area contributed by atoms with Crippen LogP contribution in [0.3, 0.4) is 0 Å². The number of unbranched alkanes of at least 4 members (excludes halogenated alkanes) is 3. The molecule has 0 aliphatic carbocycles. The summed E-state index contributed by atoms with van der Waals surface area (Å²) in [4.78, 5) is 12.1. The minimum atomic E-state index is -0.0991. The van der Waals surface area contributed by atoms with E-state index in [4.69, 9.17) is 9.47 Å². The Hall–Kier alpha value is -1.71. The van der Waals surface area contributed by atoms with Gasteiger partial charge in [0.25, 0.3) is 0 Å². The number of rotatable bonds is 11. The third-order valence-electron chi connectivity index (χ3n) is 3.38. The topological polar surface area (TPSA) is 55.8 Å². The van der Waals surface area contributed by atoms with E-state index in [9.17, 15) is 9.90 Å². The molecule has 0 atom stereocenters. The monoisotopic (exact) mass is 308 g/mol. The van der Waals surface area contributed by atoms with E-state index >= 15 is 0 Å². The third kappa shape index (κ3) is 5.58. The molecule has 1 N–H and O–H groups in total. The first kappa shape index (κ1) is 18.3. The van der Waals surface area contributed by atoms with Crippen molar-refractivity contribution in [2.75, 3.05) is 13.2 Å². The molecule has 0 aliphatic rings. The summed E-state index contributed by atoms with van der Waals surface area (Å²) in [6.07, 6.45) is 5.63. The van der Waals surface area contributed by atoms with Crippen molar-refractivity contribution in [2.24, 2.45) is 0 Å². The zero-order valence-electron chi connectivity index (χ0n) is 14.0. The molecule has 0 unspecified atom stereocenters. The van der Waals surface area contributed by atoms with Gasteiger partial charge in [-0.25, -0.2) is 0 Å². The first-order chi connectivity index (χ1) is 10.6. The van der Waals surface area contributed by atoms with Crippen molar-refractivity contribution in [1.29, 1.82) is 0 Å². The van der Waals surface area contributed by atoms with Gasteiger partial charge in [0.2, 0.25) is 0 Å². The number of carbonyl (C=O) groups is 1. The van der Waals surface area contributed by atoms with Crippen LogP contribution in [0.4, 0.5) is 0 Å². The van der Waals surface area contributed by atoms with Crippen molar-refractivity contribution in [3.05, 3.63) is 17.7 Å². The van der Waals surface area contributed by atoms with Crippen LogP contribution < -0.4 is 9.47 Å². The molecule has 1 aromatic carbocycles. The quantitative estimate of drug-likeness (QED) is 0.474. The summed E-state index contributed by atoms with van der Waals surface area (Å²) in [5.41, 5.74) is 0.266. The van der Waals surface area contributed by atoms with Crippen LogP contribution in [-0.2, 0) is 0 Å². The van der Waals surface area contributed by atoms with Crippen molar-refractivity contribution < 1.29 is 19.4 Å². The van der Waals surface area contributed by atoms with Gasteiger partial charge in [0.15, 0.2) is 5.78 Å². The second-order valence-corrected chi connectivity index (χ2v) is 5.33. The summed E-state index contributed by atoms with van der Waals surface area (Å²) in [6, 6.07) is 3.21. The van der Waals surface area contributed by atoms with Crippen LogP contribution in [-0.4, -0.2) is 24.1 Å². The Labute approximate surface area is 133 Å². The maximum Gasteiger partial charge on any atom is 0.170 e. The number of ketones is 1. The third-order valence-corrected chi connectivity index (χ3v) is 3.38. The van der Waals surface area contributed by atoms with Gasteiger partial charge in [0, 0.05) is 18.6 Å². The lowest BCUT2D eigenvalue weighted by Gasteiger charge is -2.14. The van der Waals surface area contributed by atoms with Gasteiger partial charge in [-0.1, -0.05) is 33.1 Å². The number of benzene rings is 1. The molecule has 0 saturated heterocycles. The molecule has 0 fully saturated rings. The number of hydrogen-bond acceptors (Lipinski definition) is 4. The lowest BCUT2D eigenvalue weighted by atomic mass is 10.0. The largest absolute Gasteiger partial charge is 0.507 e. The van der Waals surface area contributed by atoms with Crippen molar-refractivity contribution in [2.45, 2.75) is 59.3 Å². The van der Waals surface area contributed by atoms with Gasteiger partial charge in [-0.05, 0) is 19.8 Å². The van der Waals surface area contributed by atoms with E-state index in [1.165, 1.54) is 18.9 Å². The molecule has 0 bridgehead atoms. The normalized spacial score (nSPS) is 10.5. The average molecular weight is 308 g/mol. The van der Waals surface area contributed by atoms with Gasteiger partial charge < -0.3 is 14.6 Å². The standard InChI is InChI=1S/C18H28O4/c1-4-7-8-9-11-22-14-12-16(20)18(15(19)10-5-2)17(13-14)21-6-3/h12-13,20H,4-11H2,1-3H3. The lowest BCUT2D eigenvalue weighted by molar-refractivity contribution is 0.0975. The minimum Gasteiger partial charge on any atom is -0.507 e. The van der Waals surface area contributed by atoms with E-state index in [0.29, 0.717) is 31.1 Å². The van der Waals surface area contributed by atoms with Gasteiger partial charge in [0.1, 0.15) is 22.8 Å². The van der Waals surface area contributed by atoms with E-state index in [0.717, 1.165) is 19.3 Å². The van der Waals surface area contributed by atoms with E-state index in [1.54, 1.807) is 6.07 Å². The van der Waals surface area contributed by atoms with E-state index in [-0.39, 0.29) is 17.1 Å². The van der Waals surface area contributed by atoms with Crippen LogP contribution in [0, 0.1) is 0 Å². The first-order valence-electron chi connectivity index (χ1n) is 8.29. The molecule has 4 nitrogen and oxygen atoms in total. The average Bonchev–Trinajstić information content (AvgIpc) is 2.47. The van der Waals surface area contributed by atoms with Gasteiger partial charge in [-0.15, -0.1) is 0 Å². The van der Waals surface area contributed by atoms with Crippen LogP contribution in [0.5, 0.6) is 17.2 Å². The van der Waals surface area contributed by atoms with E-state index in [1.807, 2.05) is 13.8 Å². The van der Waals surface area contributed by atoms with Crippen LogP contribution >= 0.6 is 0 Å². The fourth-order valence-corrected chi connectivity index (χ4v) is 2.28. The summed E-state index contributed by atoms with van der Waals surface area (Å²) in [6.45, 7) is 6.99. The van der Waals surface area contributed by atoms with Gasteiger partial charge in [0.05, 0.1) is 13.2 Å². The van der Waals surface area contributed by atoms with Crippen molar-refractivity contribution in [3.8, 4) is 17.2 Å².